The Morgan fingerprint density at radius 3 is 2.36 bits per heavy atom. The maximum atomic E-state index is 12.2. The molecule has 39 heavy (non-hydrogen) atoms. The van der Waals surface area contributed by atoms with Gasteiger partial charge in [-0.15, -0.1) is 0 Å². The van der Waals surface area contributed by atoms with Crippen LogP contribution < -0.4 is 21.0 Å². The Morgan fingerprint density at radius 2 is 1.64 bits per heavy atom. The van der Waals surface area contributed by atoms with Gasteiger partial charge in [0.1, 0.15) is 5.82 Å². The summed E-state index contributed by atoms with van der Waals surface area (Å²) in [7, 11) is 3.90. The molecule has 2 heterocycles. The Morgan fingerprint density at radius 1 is 0.949 bits per heavy atom. The molecule has 0 unspecified atom stereocenters. The number of aromatic nitrogens is 4. The fraction of sp³-hybridized carbons (Fsp3) is 0.321. The molecule has 2 aromatic carbocycles. The molecule has 4 aromatic rings. The summed E-state index contributed by atoms with van der Waals surface area (Å²) in [4.78, 5) is 34.2. The molecule has 0 saturated heterocycles. The monoisotopic (exact) mass is 530 g/mol. The summed E-state index contributed by atoms with van der Waals surface area (Å²) < 4.78 is 1.88. The highest BCUT2D eigenvalue weighted by Crippen LogP contribution is 2.27. The third kappa shape index (κ3) is 7.29. The number of rotatable bonds is 12. The maximum absolute atomic E-state index is 12.2. The van der Waals surface area contributed by atoms with Crippen LogP contribution in [0.25, 0.3) is 10.9 Å². The summed E-state index contributed by atoms with van der Waals surface area (Å²) in [5.74, 6) is 0.760. The molecule has 0 fully saturated rings. The molecule has 0 aliphatic rings. The second kappa shape index (κ2) is 12.8. The number of hydrogen-bond acceptors (Lipinski definition) is 8. The van der Waals surface area contributed by atoms with Crippen molar-refractivity contribution in [3.63, 3.8) is 0 Å². The first-order chi connectivity index (χ1) is 18.8. The SMILES string of the molecule is Cc1c2ccc(N(C)c3ccnc(Nc4ccc(NC(=O)CCCCCCC(=O)NO)cc4)n3)cc2nn1C. The van der Waals surface area contributed by atoms with Crippen LogP contribution in [0.3, 0.4) is 0 Å². The van der Waals surface area contributed by atoms with E-state index >= 15 is 0 Å². The summed E-state index contributed by atoms with van der Waals surface area (Å²) in [6, 6.07) is 15.4. The van der Waals surface area contributed by atoms with Crippen molar-refractivity contribution in [2.45, 2.75) is 45.4 Å². The van der Waals surface area contributed by atoms with E-state index in [0.29, 0.717) is 24.5 Å². The van der Waals surface area contributed by atoms with Gasteiger partial charge in [-0.25, -0.2) is 10.5 Å². The number of amides is 2. The van der Waals surface area contributed by atoms with Crippen molar-refractivity contribution in [3.8, 4) is 0 Å². The van der Waals surface area contributed by atoms with Gasteiger partial charge in [-0.2, -0.15) is 10.1 Å². The van der Waals surface area contributed by atoms with Crippen molar-refractivity contribution in [2.75, 3.05) is 22.6 Å². The third-order valence-electron chi connectivity index (χ3n) is 6.59. The minimum atomic E-state index is -0.383. The zero-order valence-electron chi connectivity index (χ0n) is 22.4. The Labute approximate surface area is 227 Å². The number of hydrogen-bond donors (Lipinski definition) is 4. The van der Waals surface area contributed by atoms with E-state index in [0.717, 1.165) is 53.1 Å². The van der Waals surface area contributed by atoms with Crippen LogP contribution in [-0.4, -0.2) is 43.8 Å². The number of nitrogens with one attached hydrogen (secondary N) is 3. The maximum Gasteiger partial charge on any atom is 0.243 e. The van der Waals surface area contributed by atoms with Crippen LogP contribution in [0.1, 0.15) is 44.2 Å². The molecule has 204 valence electrons. The van der Waals surface area contributed by atoms with Gasteiger partial charge < -0.3 is 15.5 Å². The number of benzene rings is 2. The molecule has 0 aliphatic carbocycles. The van der Waals surface area contributed by atoms with E-state index in [4.69, 9.17) is 5.21 Å². The highest BCUT2D eigenvalue weighted by atomic mass is 16.5. The van der Waals surface area contributed by atoms with Gasteiger partial charge in [-0.3, -0.25) is 19.5 Å². The number of unbranched alkanes of at least 4 members (excludes halogenated alkanes) is 3. The number of hydroxylamine groups is 1. The van der Waals surface area contributed by atoms with Crippen LogP contribution in [0.2, 0.25) is 0 Å². The van der Waals surface area contributed by atoms with Crippen molar-refractivity contribution in [1.29, 1.82) is 0 Å². The van der Waals surface area contributed by atoms with E-state index < -0.39 is 0 Å². The van der Waals surface area contributed by atoms with Crippen molar-refractivity contribution < 1.29 is 14.8 Å². The predicted octanol–water partition coefficient (Wildman–Crippen LogP) is 4.97. The molecular weight excluding hydrogens is 496 g/mol. The molecular formula is C28H34N8O3. The number of anilines is 5. The standard InChI is InChI=1S/C28H34N8O3/c1-19-23-15-14-22(18-24(23)33-36(19)3)35(2)25-16-17-29-28(32-25)31-21-12-10-20(11-13-21)30-26(37)8-6-4-5-7-9-27(38)34-39/h10-18,39H,4-9H2,1-3H3,(H,30,37)(H,34,38)(H,29,31,32). The van der Waals surface area contributed by atoms with Gasteiger partial charge in [0.05, 0.1) is 5.52 Å². The van der Waals surface area contributed by atoms with E-state index in [9.17, 15) is 9.59 Å². The fourth-order valence-electron chi connectivity index (χ4n) is 4.23. The molecule has 0 atom stereocenters. The quantitative estimate of drug-likeness (QED) is 0.114. The first-order valence-electron chi connectivity index (χ1n) is 12.9. The van der Waals surface area contributed by atoms with Gasteiger partial charge in [0.2, 0.25) is 17.8 Å². The molecule has 0 aliphatic heterocycles. The topological polar surface area (TPSA) is 137 Å². The van der Waals surface area contributed by atoms with E-state index in [-0.39, 0.29) is 18.2 Å². The van der Waals surface area contributed by atoms with E-state index in [1.807, 2.05) is 60.1 Å². The first kappa shape index (κ1) is 27.5. The second-order valence-electron chi connectivity index (χ2n) is 9.41. The molecule has 4 rings (SSSR count). The van der Waals surface area contributed by atoms with Gasteiger partial charge in [-0.1, -0.05) is 12.8 Å². The molecule has 2 amide bonds. The van der Waals surface area contributed by atoms with Crippen molar-refractivity contribution >= 4 is 51.5 Å². The van der Waals surface area contributed by atoms with Gasteiger partial charge in [0, 0.05) is 61.3 Å². The highest BCUT2D eigenvalue weighted by molar-refractivity contribution is 5.91. The molecule has 11 heteroatoms. The van der Waals surface area contributed by atoms with E-state index in [1.165, 1.54) is 0 Å². The Kier molecular flexibility index (Phi) is 9.06. The Hall–Kier alpha value is -4.51. The van der Waals surface area contributed by atoms with Crippen LogP contribution >= 0.6 is 0 Å². The summed E-state index contributed by atoms with van der Waals surface area (Å²) in [5, 5.41) is 20.3. The molecule has 11 nitrogen and oxygen atoms in total. The smallest absolute Gasteiger partial charge is 0.243 e. The largest absolute Gasteiger partial charge is 0.329 e. The van der Waals surface area contributed by atoms with Gasteiger partial charge in [0.25, 0.3) is 0 Å². The average molecular weight is 531 g/mol. The first-order valence-corrected chi connectivity index (χ1v) is 12.9. The lowest BCUT2D eigenvalue weighted by Gasteiger charge is -2.19. The number of nitrogens with zero attached hydrogens (tertiary/aromatic N) is 5. The molecule has 0 radical (unpaired) electrons. The molecule has 2 aromatic heterocycles. The van der Waals surface area contributed by atoms with E-state index in [2.05, 4.69) is 44.8 Å². The van der Waals surface area contributed by atoms with Crippen LogP contribution in [0, 0.1) is 6.92 Å². The third-order valence-corrected chi connectivity index (χ3v) is 6.59. The number of carbonyl (C=O) groups is 2. The normalized spacial score (nSPS) is 10.9. The van der Waals surface area contributed by atoms with Crippen LogP contribution in [0.15, 0.2) is 54.7 Å². The van der Waals surface area contributed by atoms with Crippen molar-refractivity contribution in [2.24, 2.45) is 7.05 Å². The molecule has 4 N–H and O–H groups in total. The minimum absolute atomic E-state index is 0.0538. The van der Waals surface area contributed by atoms with Crippen molar-refractivity contribution in [1.82, 2.24) is 25.2 Å². The number of carbonyl (C=O) groups excluding carboxylic acids is 2. The molecule has 0 bridgehead atoms. The summed E-state index contributed by atoms with van der Waals surface area (Å²) >= 11 is 0. The molecule has 0 saturated carbocycles. The summed E-state index contributed by atoms with van der Waals surface area (Å²) in [6.45, 7) is 2.05. The number of aryl methyl sites for hydroxylation is 2. The molecule has 0 spiro atoms. The zero-order valence-corrected chi connectivity index (χ0v) is 22.4. The van der Waals surface area contributed by atoms with E-state index in [1.54, 1.807) is 11.7 Å². The zero-order chi connectivity index (χ0) is 27.8. The van der Waals surface area contributed by atoms with Crippen LogP contribution in [0.5, 0.6) is 0 Å². The highest BCUT2D eigenvalue weighted by Gasteiger charge is 2.11. The summed E-state index contributed by atoms with van der Waals surface area (Å²) in [5.41, 5.74) is 6.15. The lowest BCUT2D eigenvalue weighted by Crippen LogP contribution is -2.17. The minimum Gasteiger partial charge on any atom is -0.329 e. The fourth-order valence-corrected chi connectivity index (χ4v) is 4.23. The van der Waals surface area contributed by atoms with Gasteiger partial charge in [-0.05, 0) is 68.3 Å². The second-order valence-corrected chi connectivity index (χ2v) is 9.41. The van der Waals surface area contributed by atoms with Gasteiger partial charge >= 0.3 is 0 Å². The average Bonchev–Trinajstić information content (AvgIpc) is 3.23. The van der Waals surface area contributed by atoms with Gasteiger partial charge in [0.15, 0.2) is 0 Å². The van der Waals surface area contributed by atoms with Crippen LogP contribution in [-0.2, 0) is 16.6 Å². The number of fused-ring (bicyclic) bond motifs is 1. The van der Waals surface area contributed by atoms with Crippen molar-refractivity contribution in [3.05, 3.63) is 60.4 Å². The lowest BCUT2D eigenvalue weighted by atomic mass is 10.1. The lowest BCUT2D eigenvalue weighted by molar-refractivity contribution is -0.129. The Balaban J connectivity index is 1.29. The van der Waals surface area contributed by atoms with Crippen LogP contribution in [0.4, 0.5) is 28.8 Å². The predicted molar refractivity (Wildman–Crippen MR) is 152 cm³/mol. The summed E-state index contributed by atoms with van der Waals surface area (Å²) in [6.07, 6.45) is 5.51. The Bertz CT molecular complexity index is 1430.